The summed E-state index contributed by atoms with van der Waals surface area (Å²) in [6.45, 7) is 1.29. The highest BCUT2D eigenvalue weighted by Crippen LogP contribution is 2.25. The lowest BCUT2D eigenvalue weighted by Crippen LogP contribution is -2.41. The standard InChI is InChI=1S/C16H25FN4O2S.HI/c1-18-16(20-11-14-5-7-15(17)8-6-14)19-9-10-24(22,23)21-12-13-3-2-4-13;/h5-8,13,21H,2-4,9-12H2,1H3,(H2,18,19,20);1H. The van der Waals surface area contributed by atoms with Gasteiger partial charge in [0.25, 0.3) is 0 Å². The molecule has 25 heavy (non-hydrogen) atoms. The van der Waals surface area contributed by atoms with E-state index in [4.69, 9.17) is 0 Å². The molecular formula is C16H26FIN4O2S. The normalized spacial score (nSPS) is 15.2. The molecule has 0 bridgehead atoms. The summed E-state index contributed by atoms with van der Waals surface area (Å²) in [5, 5.41) is 6.03. The van der Waals surface area contributed by atoms with E-state index >= 15 is 0 Å². The molecule has 1 aromatic carbocycles. The minimum absolute atomic E-state index is 0. The van der Waals surface area contributed by atoms with Crippen molar-refractivity contribution in [2.45, 2.75) is 25.8 Å². The third kappa shape index (κ3) is 8.32. The molecule has 9 heteroatoms. The van der Waals surface area contributed by atoms with E-state index in [1.165, 1.54) is 18.6 Å². The van der Waals surface area contributed by atoms with Crippen molar-refractivity contribution in [2.75, 3.05) is 25.9 Å². The lowest BCUT2D eigenvalue weighted by Gasteiger charge is -2.25. The van der Waals surface area contributed by atoms with E-state index in [1.54, 1.807) is 19.2 Å². The Morgan fingerprint density at radius 1 is 1.24 bits per heavy atom. The minimum atomic E-state index is -3.27. The summed E-state index contributed by atoms with van der Waals surface area (Å²) >= 11 is 0. The first-order valence-corrected chi connectivity index (χ1v) is 9.80. The molecule has 1 aliphatic carbocycles. The number of rotatable bonds is 8. The van der Waals surface area contributed by atoms with Gasteiger partial charge in [-0.05, 0) is 36.5 Å². The predicted molar refractivity (Wildman–Crippen MR) is 109 cm³/mol. The number of guanidine groups is 1. The van der Waals surface area contributed by atoms with Crippen LogP contribution in [-0.4, -0.2) is 40.3 Å². The highest BCUT2D eigenvalue weighted by atomic mass is 127. The number of sulfonamides is 1. The van der Waals surface area contributed by atoms with Crippen LogP contribution in [0.1, 0.15) is 24.8 Å². The average Bonchev–Trinajstić information content (AvgIpc) is 2.50. The number of hydrogen-bond acceptors (Lipinski definition) is 3. The fourth-order valence-corrected chi connectivity index (χ4v) is 3.33. The third-order valence-corrected chi connectivity index (χ3v) is 5.42. The van der Waals surface area contributed by atoms with E-state index < -0.39 is 10.0 Å². The van der Waals surface area contributed by atoms with Crippen LogP contribution in [0.25, 0.3) is 0 Å². The zero-order valence-corrected chi connectivity index (χ0v) is 17.4. The smallest absolute Gasteiger partial charge is 0.213 e. The lowest BCUT2D eigenvalue weighted by atomic mass is 9.86. The predicted octanol–water partition coefficient (Wildman–Crippen LogP) is 1.83. The van der Waals surface area contributed by atoms with Gasteiger partial charge < -0.3 is 10.6 Å². The van der Waals surface area contributed by atoms with Crippen LogP contribution in [0.4, 0.5) is 4.39 Å². The van der Waals surface area contributed by atoms with Crippen LogP contribution in [0.5, 0.6) is 0 Å². The molecule has 0 radical (unpaired) electrons. The van der Waals surface area contributed by atoms with Crippen molar-refractivity contribution in [2.24, 2.45) is 10.9 Å². The maximum absolute atomic E-state index is 12.8. The molecule has 1 saturated carbocycles. The summed E-state index contributed by atoms with van der Waals surface area (Å²) in [5.74, 6) is 0.726. The average molecular weight is 484 g/mol. The summed E-state index contributed by atoms with van der Waals surface area (Å²) in [7, 11) is -1.65. The van der Waals surface area contributed by atoms with Crippen molar-refractivity contribution in [3.05, 3.63) is 35.6 Å². The van der Waals surface area contributed by atoms with Crippen LogP contribution in [-0.2, 0) is 16.6 Å². The van der Waals surface area contributed by atoms with Crippen LogP contribution < -0.4 is 15.4 Å². The molecule has 3 N–H and O–H groups in total. The van der Waals surface area contributed by atoms with Gasteiger partial charge >= 0.3 is 0 Å². The molecule has 1 aromatic rings. The zero-order chi connectivity index (χ0) is 17.4. The fourth-order valence-electron chi connectivity index (χ4n) is 2.33. The number of nitrogens with one attached hydrogen (secondary N) is 3. The van der Waals surface area contributed by atoms with E-state index in [1.807, 2.05) is 0 Å². The Bertz CT molecular complexity index is 649. The van der Waals surface area contributed by atoms with Crippen LogP contribution in [0, 0.1) is 11.7 Å². The van der Waals surface area contributed by atoms with Crippen LogP contribution in [0.3, 0.4) is 0 Å². The molecule has 0 spiro atoms. The first kappa shape index (κ1) is 22.1. The second kappa shape index (κ2) is 10.9. The summed E-state index contributed by atoms with van der Waals surface area (Å²) < 4.78 is 39.3. The van der Waals surface area contributed by atoms with E-state index in [0.717, 1.165) is 18.4 Å². The van der Waals surface area contributed by atoms with E-state index in [-0.39, 0.29) is 42.1 Å². The van der Waals surface area contributed by atoms with Crippen molar-refractivity contribution < 1.29 is 12.8 Å². The zero-order valence-electron chi connectivity index (χ0n) is 14.3. The highest BCUT2D eigenvalue weighted by Gasteiger charge is 2.19. The van der Waals surface area contributed by atoms with E-state index in [2.05, 4.69) is 20.3 Å². The Balaban J connectivity index is 0.00000312. The largest absolute Gasteiger partial charge is 0.355 e. The van der Waals surface area contributed by atoms with Crippen LogP contribution >= 0.6 is 24.0 Å². The molecule has 1 fully saturated rings. The Morgan fingerprint density at radius 2 is 1.92 bits per heavy atom. The lowest BCUT2D eigenvalue weighted by molar-refractivity contribution is 0.316. The van der Waals surface area contributed by atoms with Gasteiger partial charge in [-0.2, -0.15) is 0 Å². The quantitative estimate of drug-likeness (QED) is 0.299. The molecule has 0 amide bonds. The maximum atomic E-state index is 12.8. The molecule has 0 aliphatic heterocycles. The van der Waals surface area contributed by atoms with Gasteiger partial charge in [0.15, 0.2) is 5.96 Å². The summed E-state index contributed by atoms with van der Waals surface area (Å²) in [6.07, 6.45) is 3.42. The van der Waals surface area contributed by atoms with Gasteiger partial charge in [-0.25, -0.2) is 17.5 Å². The van der Waals surface area contributed by atoms with Crippen molar-refractivity contribution in [3.63, 3.8) is 0 Å². The summed E-state index contributed by atoms with van der Waals surface area (Å²) in [4.78, 5) is 4.04. The first-order chi connectivity index (χ1) is 11.5. The second-order valence-electron chi connectivity index (χ2n) is 5.94. The van der Waals surface area contributed by atoms with Crippen molar-refractivity contribution >= 4 is 40.0 Å². The van der Waals surface area contributed by atoms with Gasteiger partial charge in [-0.3, -0.25) is 4.99 Å². The van der Waals surface area contributed by atoms with Gasteiger partial charge in [-0.1, -0.05) is 18.6 Å². The van der Waals surface area contributed by atoms with Crippen LogP contribution in [0.2, 0.25) is 0 Å². The van der Waals surface area contributed by atoms with Gasteiger partial charge in [0, 0.05) is 26.7 Å². The number of aliphatic imine (C=N–C) groups is 1. The molecule has 0 unspecified atom stereocenters. The number of nitrogens with zero attached hydrogens (tertiary/aromatic N) is 1. The Kier molecular flexibility index (Phi) is 9.65. The molecule has 0 saturated heterocycles. The molecule has 0 aromatic heterocycles. The minimum Gasteiger partial charge on any atom is -0.355 e. The first-order valence-electron chi connectivity index (χ1n) is 8.15. The molecule has 1 aliphatic rings. The molecule has 0 atom stereocenters. The van der Waals surface area contributed by atoms with Crippen molar-refractivity contribution in [1.82, 2.24) is 15.4 Å². The summed E-state index contributed by atoms with van der Waals surface area (Å²) in [5.41, 5.74) is 0.911. The molecule has 0 heterocycles. The number of hydrogen-bond donors (Lipinski definition) is 3. The van der Waals surface area contributed by atoms with Crippen molar-refractivity contribution in [3.8, 4) is 0 Å². The van der Waals surface area contributed by atoms with Gasteiger partial charge in [-0.15, -0.1) is 24.0 Å². The topological polar surface area (TPSA) is 82.6 Å². The number of halogens is 2. The van der Waals surface area contributed by atoms with Crippen molar-refractivity contribution in [1.29, 1.82) is 0 Å². The van der Waals surface area contributed by atoms with Gasteiger partial charge in [0.05, 0.1) is 5.75 Å². The number of benzene rings is 1. The van der Waals surface area contributed by atoms with Gasteiger partial charge in [0.2, 0.25) is 10.0 Å². The molecule has 6 nitrogen and oxygen atoms in total. The molecular weight excluding hydrogens is 458 g/mol. The highest BCUT2D eigenvalue weighted by molar-refractivity contribution is 14.0. The third-order valence-electron chi connectivity index (χ3n) is 4.08. The molecule has 2 rings (SSSR count). The van der Waals surface area contributed by atoms with Gasteiger partial charge in [0.1, 0.15) is 5.82 Å². The fraction of sp³-hybridized carbons (Fsp3) is 0.562. The second-order valence-corrected chi connectivity index (χ2v) is 7.87. The SMILES string of the molecule is CN=C(NCCS(=O)(=O)NCC1CCC1)NCc1ccc(F)cc1.I. The van der Waals surface area contributed by atoms with E-state index in [0.29, 0.717) is 25.0 Å². The Hall–Kier alpha value is -0.940. The monoisotopic (exact) mass is 484 g/mol. The van der Waals surface area contributed by atoms with E-state index in [9.17, 15) is 12.8 Å². The van der Waals surface area contributed by atoms with Crippen LogP contribution in [0.15, 0.2) is 29.3 Å². The summed E-state index contributed by atoms with van der Waals surface area (Å²) in [6, 6.07) is 6.16. The maximum Gasteiger partial charge on any atom is 0.213 e. The Labute approximate surface area is 166 Å². The molecule has 142 valence electrons. The Morgan fingerprint density at radius 3 is 2.48 bits per heavy atom.